The molecule has 0 unspecified atom stereocenters. The molecule has 42 heavy (non-hydrogen) atoms. The molecule has 0 spiro atoms. The second-order valence-corrected chi connectivity index (χ2v) is 13.1. The fraction of sp³-hybridized carbons (Fsp3) is 0.353. The first-order valence-electron chi connectivity index (χ1n) is 14.2. The SMILES string of the molecule is COc1nc(-c2cccc(-c3ccnc(-c4cc(Cl)c5c(c4)CCN(CCCF)C5)c3Cl)c2Cl)ccc1CC(C)(C)C. The van der Waals surface area contributed by atoms with Gasteiger partial charge < -0.3 is 4.74 Å². The van der Waals surface area contributed by atoms with Crippen molar-refractivity contribution in [1.82, 2.24) is 14.9 Å². The highest BCUT2D eigenvalue weighted by atomic mass is 35.5. The predicted octanol–water partition coefficient (Wildman–Crippen LogP) is 9.75. The van der Waals surface area contributed by atoms with Crippen molar-refractivity contribution in [3.63, 3.8) is 0 Å². The fourth-order valence-electron chi connectivity index (χ4n) is 5.58. The molecule has 0 radical (unpaired) electrons. The first-order chi connectivity index (χ1) is 20.1. The fourth-order valence-corrected chi connectivity index (χ4v) is 6.52. The van der Waals surface area contributed by atoms with Crippen molar-refractivity contribution in [3.05, 3.63) is 86.5 Å². The highest BCUT2D eigenvalue weighted by Crippen LogP contribution is 2.43. The van der Waals surface area contributed by atoms with Gasteiger partial charge in [0, 0.05) is 58.7 Å². The van der Waals surface area contributed by atoms with E-state index in [9.17, 15) is 4.39 Å². The Labute approximate surface area is 262 Å². The summed E-state index contributed by atoms with van der Waals surface area (Å²) in [6, 6.07) is 15.8. The van der Waals surface area contributed by atoms with Crippen LogP contribution in [0, 0.1) is 5.41 Å². The van der Waals surface area contributed by atoms with Crippen LogP contribution in [0.3, 0.4) is 0 Å². The van der Waals surface area contributed by atoms with Crippen molar-refractivity contribution in [2.24, 2.45) is 5.41 Å². The summed E-state index contributed by atoms with van der Waals surface area (Å²) < 4.78 is 18.3. The van der Waals surface area contributed by atoms with Crippen LogP contribution < -0.4 is 4.74 Å². The van der Waals surface area contributed by atoms with Gasteiger partial charge in [0.2, 0.25) is 5.88 Å². The van der Waals surface area contributed by atoms with Crippen molar-refractivity contribution in [3.8, 4) is 39.5 Å². The van der Waals surface area contributed by atoms with E-state index in [0.29, 0.717) is 39.6 Å². The van der Waals surface area contributed by atoms with Gasteiger partial charge in [0.25, 0.3) is 0 Å². The van der Waals surface area contributed by atoms with E-state index in [-0.39, 0.29) is 12.1 Å². The lowest BCUT2D eigenvalue weighted by molar-refractivity contribution is 0.241. The lowest BCUT2D eigenvalue weighted by atomic mass is 9.88. The number of ether oxygens (including phenoxy) is 1. The van der Waals surface area contributed by atoms with E-state index in [4.69, 9.17) is 44.5 Å². The van der Waals surface area contributed by atoms with Gasteiger partial charge in [0.05, 0.1) is 35.2 Å². The maximum atomic E-state index is 12.7. The Bertz CT molecular complexity index is 1600. The minimum atomic E-state index is -0.308. The number of pyridine rings is 2. The molecule has 2 aromatic heterocycles. The number of methoxy groups -OCH3 is 1. The van der Waals surface area contributed by atoms with Gasteiger partial charge in [-0.2, -0.15) is 0 Å². The summed E-state index contributed by atoms with van der Waals surface area (Å²) in [5, 5.41) is 1.72. The highest BCUT2D eigenvalue weighted by molar-refractivity contribution is 6.39. The van der Waals surface area contributed by atoms with Gasteiger partial charge in [-0.25, -0.2) is 4.98 Å². The Morgan fingerprint density at radius 3 is 2.48 bits per heavy atom. The molecule has 220 valence electrons. The minimum absolute atomic E-state index is 0.0998. The van der Waals surface area contributed by atoms with Crippen molar-refractivity contribution >= 4 is 34.8 Å². The first-order valence-corrected chi connectivity index (χ1v) is 15.3. The van der Waals surface area contributed by atoms with Crippen LogP contribution >= 0.6 is 34.8 Å². The molecular weight excluding hydrogens is 592 g/mol. The number of rotatable bonds is 8. The van der Waals surface area contributed by atoms with E-state index in [1.807, 2.05) is 36.4 Å². The lowest BCUT2D eigenvalue weighted by Gasteiger charge is -2.29. The molecule has 3 heterocycles. The molecule has 2 aromatic carbocycles. The molecule has 8 heteroatoms. The number of halogens is 4. The van der Waals surface area contributed by atoms with Crippen LogP contribution in [0.1, 0.15) is 43.9 Å². The summed E-state index contributed by atoms with van der Waals surface area (Å²) in [6.45, 7) is 8.58. The Morgan fingerprint density at radius 2 is 1.74 bits per heavy atom. The molecule has 0 aliphatic carbocycles. The summed E-state index contributed by atoms with van der Waals surface area (Å²) in [5.74, 6) is 0.600. The van der Waals surface area contributed by atoms with Gasteiger partial charge in [-0.05, 0) is 60.1 Å². The van der Waals surface area contributed by atoms with Crippen LogP contribution in [0.4, 0.5) is 4.39 Å². The molecule has 0 saturated carbocycles. The van der Waals surface area contributed by atoms with E-state index in [0.717, 1.165) is 65.0 Å². The van der Waals surface area contributed by atoms with Crippen LogP contribution in [0.25, 0.3) is 33.6 Å². The third-order valence-electron chi connectivity index (χ3n) is 7.56. The molecule has 0 N–H and O–H groups in total. The molecule has 0 saturated heterocycles. The van der Waals surface area contributed by atoms with Gasteiger partial charge in [-0.1, -0.05) is 79.8 Å². The maximum Gasteiger partial charge on any atom is 0.216 e. The van der Waals surface area contributed by atoms with Crippen LogP contribution in [-0.4, -0.2) is 41.7 Å². The number of alkyl halides is 1. The Kier molecular flexibility index (Phi) is 9.44. The second-order valence-electron chi connectivity index (χ2n) is 12.0. The topological polar surface area (TPSA) is 38.3 Å². The van der Waals surface area contributed by atoms with E-state index < -0.39 is 0 Å². The molecule has 5 rings (SSSR count). The van der Waals surface area contributed by atoms with E-state index in [1.165, 1.54) is 5.56 Å². The van der Waals surface area contributed by atoms with Crippen LogP contribution in [0.5, 0.6) is 5.88 Å². The zero-order chi connectivity index (χ0) is 30.0. The van der Waals surface area contributed by atoms with Crippen LogP contribution in [0.15, 0.2) is 54.7 Å². The van der Waals surface area contributed by atoms with Crippen molar-refractivity contribution in [2.75, 3.05) is 26.9 Å². The highest BCUT2D eigenvalue weighted by Gasteiger charge is 2.23. The maximum absolute atomic E-state index is 12.7. The second kappa shape index (κ2) is 12.9. The monoisotopic (exact) mass is 625 g/mol. The van der Waals surface area contributed by atoms with E-state index in [1.54, 1.807) is 13.3 Å². The molecule has 1 aliphatic heterocycles. The summed E-state index contributed by atoms with van der Waals surface area (Å²) in [6.07, 6.45) is 3.96. The first kappa shape index (κ1) is 30.7. The van der Waals surface area contributed by atoms with Crippen LogP contribution in [0.2, 0.25) is 15.1 Å². The average molecular weight is 627 g/mol. The number of fused-ring (bicyclic) bond motifs is 1. The number of aromatic nitrogens is 2. The van der Waals surface area contributed by atoms with Gasteiger partial charge in [0.15, 0.2) is 0 Å². The van der Waals surface area contributed by atoms with Crippen molar-refractivity contribution in [1.29, 1.82) is 0 Å². The number of nitrogens with zero attached hydrogens (tertiary/aromatic N) is 3. The van der Waals surface area contributed by atoms with Crippen LogP contribution in [-0.2, 0) is 19.4 Å². The predicted molar refractivity (Wildman–Crippen MR) is 173 cm³/mol. The smallest absolute Gasteiger partial charge is 0.216 e. The van der Waals surface area contributed by atoms with Crippen molar-refractivity contribution in [2.45, 2.75) is 46.6 Å². The van der Waals surface area contributed by atoms with Gasteiger partial charge >= 0.3 is 0 Å². The van der Waals surface area contributed by atoms with Gasteiger partial charge in [-0.15, -0.1) is 0 Å². The molecule has 0 fully saturated rings. The molecular formula is C34H35Cl3FN3O. The number of hydrogen-bond donors (Lipinski definition) is 0. The summed E-state index contributed by atoms with van der Waals surface area (Å²) in [4.78, 5) is 11.7. The average Bonchev–Trinajstić information content (AvgIpc) is 2.96. The van der Waals surface area contributed by atoms with Gasteiger partial charge in [-0.3, -0.25) is 14.3 Å². The molecule has 0 bridgehead atoms. The van der Waals surface area contributed by atoms with E-state index >= 15 is 0 Å². The Morgan fingerprint density at radius 1 is 0.976 bits per heavy atom. The lowest BCUT2D eigenvalue weighted by Crippen LogP contribution is -2.31. The Balaban J connectivity index is 1.50. The molecule has 4 aromatic rings. The summed E-state index contributed by atoms with van der Waals surface area (Å²) in [7, 11) is 1.64. The normalized spacial score (nSPS) is 13.7. The molecule has 4 nitrogen and oxygen atoms in total. The van der Waals surface area contributed by atoms with Crippen molar-refractivity contribution < 1.29 is 9.13 Å². The molecule has 1 aliphatic rings. The third-order valence-corrected chi connectivity index (χ3v) is 8.68. The number of benzene rings is 2. The van der Waals surface area contributed by atoms with E-state index in [2.05, 4.69) is 42.8 Å². The zero-order valence-corrected chi connectivity index (χ0v) is 26.7. The Hall–Kier alpha value is -2.70. The third kappa shape index (κ3) is 6.60. The minimum Gasteiger partial charge on any atom is -0.481 e. The zero-order valence-electron chi connectivity index (χ0n) is 24.4. The largest absolute Gasteiger partial charge is 0.481 e. The molecule has 0 atom stereocenters. The standard InChI is InChI=1S/C34H35Cl3FN3O/c1-34(2,3)19-22-9-10-29(40-33(22)42-4)26-8-5-7-24(30(26)36)25-11-14-39-32(31(25)37)23-17-21-12-16-41(15-6-13-38)20-27(21)28(35)18-23/h5,7-11,14,17-18H,6,12-13,15-16,19-20H2,1-4H3. The summed E-state index contributed by atoms with van der Waals surface area (Å²) in [5.41, 5.74) is 8.00. The quantitative estimate of drug-likeness (QED) is 0.195. The van der Waals surface area contributed by atoms with Gasteiger partial charge in [0.1, 0.15) is 0 Å². The summed E-state index contributed by atoms with van der Waals surface area (Å²) >= 11 is 20.9. The number of hydrogen-bond acceptors (Lipinski definition) is 4. The molecule has 0 amide bonds.